The topological polar surface area (TPSA) is 134 Å². The van der Waals surface area contributed by atoms with Gasteiger partial charge in [-0.05, 0) is 28.1 Å². The highest BCUT2D eigenvalue weighted by Gasteiger charge is 2.48. The van der Waals surface area contributed by atoms with Crippen LogP contribution in [-0.2, 0) is 14.3 Å². The van der Waals surface area contributed by atoms with Gasteiger partial charge in [0, 0.05) is 4.47 Å². The average molecular weight is 377 g/mol. The van der Waals surface area contributed by atoms with Crippen molar-refractivity contribution >= 4 is 27.9 Å². The van der Waals surface area contributed by atoms with E-state index in [0.717, 1.165) is 0 Å². The summed E-state index contributed by atoms with van der Waals surface area (Å²) in [7, 11) is 0. The van der Waals surface area contributed by atoms with E-state index in [4.69, 9.17) is 14.6 Å². The maximum absolute atomic E-state index is 12.0. The smallest absolute Gasteiger partial charge is 0.341 e. The van der Waals surface area contributed by atoms with Crippen LogP contribution in [0.2, 0.25) is 0 Å². The standard InChI is InChI=1S/C13H13BrO8/c14-6-4-2-1-3-5(6)12(20)22-13-9(17)7(15)8(16)10(21-13)11(18)19/h1-4,7-10,13,15-17H,(H,18,19)/t7-,8-,9+,10-,13-/m0/s1. The minimum atomic E-state index is -1.84. The van der Waals surface area contributed by atoms with Crippen LogP contribution in [0.5, 0.6) is 0 Å². The van der Waals surface area contributed by atoms with Crippen molar-refractivity contribution in [3.63, 3.8) is 0 Å². The number of halogens is 1. The number of aliphatic hydroxyl groups is 3. The lowest BCUT2D eigenvalue weighted by atomic mass is 9.99. The van der Waals surface area contributed by atoms with E-state index in [0.29, 0.717) is 4.47 Å². The summed E-state index contributed by atoms with van der Waals surface area (Å²) < 4.78 is 10.2. The second-order valence-electron chi connectivity index (χ2n) is 4.62. The molecule has 8 nitrogen and oxygen atoms in total. The van der Waals surface area contributed by atoms with E-state index in [1.54, 1.807) is 18.2 Å². The molecular weight excluding hydrogens is 364 g/mol. The number of carbonyl (C=O) groups is 2. The van der Waals surface area contributed by atoms with Crippen molar-refractivity contribution in [3.05, 3.63) is 34.3 Å². The molecule has 0 radical (unpaired) electrons. The Morgan fingerprint density at radius 2 is 1.73 bits per heavy atom. The fourth-order valence-electron chi connectivity index (χ4n) is 1.95. The average Bonchev–Trinajstić information content (AvgIpc) is 2.47. The van der Waals surface area contributed by atoms with Crippen molar-refractivity contribution in [2.24, 2.45) is 0 Å². The Kier molecular flexibility index (Phi) is 5.14. The maximum Gasteiger partial charge on any atom is 0.341 e. The number of esters is 1. The van der Waals surface area contributed by atoms with Crippen LogP contribution in [0.3, 0.4) is 0 Å². The molecule has 5 atom stereocenters. The third kappa shape index (κ3) is 3.28. The number of rotatable bonds is 3. The van der Waals surface area contributed by atoms with Crippen molar-refractivity contribution in [2.45, 2.75) is 30.7 Å². The first kappa shape index (κ1) is 16.8. The van der Waals surface area contributed by atoms with Crippen LogP contribution in [-0.4, -0.2) is 63.1 Å². The van der Waals surface area contributed by atoms with Gasteiger partial charge in [-0.2, -0.15) is 0 Å². The summed E-state index contributed by atoms with van der Waals surface area (Å²) in [5, 5.41) is 37.8. The quantitative estimate of drug-likeness (QED) is 0.518. The van der Waals surface area contributed by atoms with Crippen molar-refractivity contribution in [3.8, 4) is 0 Å². The number of carboxylic acid groups (broad SMARTS) is 1. The molecule has 1 fully saturated rings. The number of aliphatic hydroxyl groups excluding tert-OH is 3. The van der Waals surface area contributed by atoms with E-state index in [-0.39, 0.29) is 5.56 Å². The fraction of sp³-hybridized carbons (Fsp3) is 0.385. The molecular formula is C13H13BrO8. The lowest BCUT2D eigenvalue weighted by molar-refractivity contribution is -0.278. The summed E-state index contributed by atoms with van der Waals surface area (Å²) in [4.78, 5) is 23.0. The predicted molar refractivity (Wildman–Crippen MR) is 73.9 cm³/mol. The molecule has 1 aromatic carbocycles. The first-order valence-corrected chi connectivity index (χ1v) is 7.00. The Morgan fingerprint density at radius 3 is 2.32 bits per heavy atom. The van der Waals surface area contributed by atoms with Gasteiger partial charge < -0.3 is 29.9 Å². The number of hydrogen-bond donors (Lipinski definition) is 4. The number of hydrogen-bond acceptors (Lipinski definition) is 7. The Bertz CT molecular complexity index is 577. The molecule has 1 aliphatic rings. The highest BCUT2D eigenvalue weighted by molar-refractivity contribution is 9.10. The van der Waals surface area contributed by atoms with Crippen LogP contribution in [0.4, 0.5) is 0 Å². The molecule has 0 unspecified atom stereocenters. The number of benzene rings is 1. The minimum absolute atomic E-state index is 0.130. The van der Waals surface area contributed by atoms with Crippen LogP contribution in [0.15, 0.2) is 28.7 Å². The van der Waals surface area contributed by atoms with Crippen LogP contribution < -0.4 is 0 Å². The second kappa shape index (κ2) is 6.71. The van der Waals surface area contributed by atoms with Gasteiger partial charge in [0.05, 0.1) is 5.56 Å². The Morgan fingerprint density at radius 1 is 1.09 bits per heavy atom. The van der Waals surface area contributed by atoms with Crippen LogP contribution in [0.1, 0.15) is 10.4 Å². The van der Waals surface area contributed by atoms with Crippen LogP contribution in [0, 0.1) is 0 Å². The normalized spacial score (nSPS) is 31.5. The summed E-state index contributed by atoms with van der Waals surface area (Å²) in [6.45, 7) is 0. The van der Waals surface area contributed by atoms with Crippen molar-refractivity contribution in [1.82, 2.24) is 0 Å². The summed E-state index contributed by atoms with van der Waals surface area (Å²) in [6, 6.07) is 6.29. The minimum Gasteiger partial charge on any atom is -0.479 e. The van der Waals surface area contributed by atoms with E-state index in [1.807, 2.05) is 0 Å². The van der Waals surface area contributed by atoms with Crippen molar-refractivity contribution < 1.29 is 39.5 Å². The molecule has 0 spiro atoms. The molecule has 1 saturated heterocycles. The summed E-state index contributed by atoms with van der Waals surface area (Å²) >= 11 is 3.15. The number of ether oxygens (including phenoxy) is 2. The molecule has 120 valence electrons. The summed E-state index contributed by atoms with van der Waals surface area (Å²) in [5.74, 6) is -2.44. The highest BCUT2D eigenvalue weighted by atomic mass is 79.9. The SMILES string of the molecule is O=C(O[C@@H]1O[C@H](C(=O)O)[C@@H](O)[C@H](O)[C@H]1O)c1ccccc1Br. The molecule has 4 N–H and O–H groups in total. The van der Waals surface area contributed by atoms with Gasteiger partial charge in [0.1, 0.15) is 18.3 Å². The molecule has 0 amide bonds. The van der Waals surface area contributed by atoms with E-state index in [9.17, 15) is 24.9 Å². The largest absolute Gasteiger partial charge is 0.479 e. The first-order chi connectivity index (χ1) is 10.3. The predicted octanol–water partition coefficient (Wildman–Crippen LogP) is -0.502. The molecule has 1 aromatic rings. The molecule has 1 heterocycles. The zero-order valence-corrected chi connectivity index (χ0v) is 12.6. The van der Waals surface area contributed by atoms with E-state index in [1.165, 1.54) is 6.07 Å². The molecule has 0 bridgehead atoms. The molecule has 0 saturated carbocycles. The molecule has 0 aliphatic carbocycles. The Balaban J connectivity index is 2.16. The monoisotopic (exact) mass is 376 g/mol. The molecule has 2 rings (SSSR count). The Labute approximate surface area is 133 Å². The third-order valence-corrected chi connectivity index (χ3v) is 3.82. The van der Waals surface area contributed by atoms with Gasteiger partial charge in [-0.15, -0.1) is 0 Å². The summed E-state index contributed by atoms with van der Waals surface area (Å²) in [5.41, 5.74) is 0.130. The van der Waals surface area contributed by atoms with Gasteiger partial charge in [-0.3, -0.25) is 0 Å². The van der Waals surface area contributed by atoms with Gasteiger partial charge in [0.2, 0.25) is 6.29 Å². The van der Waals surface area contributed by atoms with Crippen LogP contribution in [0.25, 0.3) is 0 Å². The van der Waals surface area contributed by atoms with Gasteiger partial charge in [-0.1, -0.05) is 12.1 Å². The number of aliphatic carboxylic acids is 1. The summed E-state index contributed by atoms with van der Waals surface area (Å²) in [6.07, 6.45) is -9.00. The van der Waals surface area contributed by atoms with E-state index < -0.39 is 42.6 Å². The number of carboxylic acids is 1. The lowest BCUT2D eigenvalue weighted by Gasteiger charge is -2.37. The van der Waals surface area contributed by atoms with Crippen LogP contribution >= 0.6 is 15.9 Å². The molecule has 22 heavy (non-hydrogen) atoms. The number of carbonyl (C=O) groups excluding carboxylic acids is 1. The first-order valence-electron chi connectivity index (χ1n) is 6.21. The molecule has 0 aromatic heterocycles. The van der Waals surface area contributed by atoms with Crippen molar-refractivity contribution in [2.75, 3.05) is 0 Å². The van der Waals surface area contributed by atoms with Gasteiger partial charge >= 0.3 is 11.9 Å². The highest BCUT2D eigenvalue weighted by Crippen LogP contribution is 2.24. The zero-order chi connectivity index (χ0) is 16.4. The fourth-order valence-corrected chi connectivity index (χ4v) is 2.39. The Hall–Kier alpha value is -1.52. The van der Waals surface area contributed by atoms with Gasteiger partial charge in [0.15, 0.2) is 6.10 Å². The third-order valence-electron chi connectivity index (χ3n) is 3.13. The zero-order valence-electron chi connectivity index (χ0n) is 11.0. The van der Waals surface area contributed by atoms with Crippen molar-refractivity contribution in [1.29, 1.82) is 0 Å². The van der Waals surface area contributed by atoms with E-state index in [2.05, 4.69) is 15.9 Å². The lowest BCUT2D eigenvalue weighted by Crippen LogP contribution is -2.60. The molecule has 1 aliphatic heterocycles. The molecule has 9 heteroatoms. The van der Waals surface area contributed by atoms with E-state index >= 15 is 0 Å². The second-order valence-corrected chi connectivity index (χ2v) is 5.47. The van der Waals surface area contributed by atoms with Gasteiger partial charge in [-0.25, -0.2) is 9.59 Å². The van der Waals surface area contributed by atoms with Gasteiger partial charge in [0.25, 0.3) is 0 Å². The maximum atomic E-state index is 12.0.